The van der Waals surface area contributed by atoms with E-state index >= 15 is 0 Å². The SMILES string of the molecule is C[C@H](N)CC#Cc1cnc(N)c(Cl)c1Cl.Cl.Cl. The monoisotopic (exact) mass is 315 g/mol. The van der Waals surface area contributed by atoms with Crippen molar-refractivity contribution in [2.45, 2.75) is 19.4 Å². The fraction of sp³-hybridized carbons (Fsp3) is 0.300. The van der Waals surface area contributed by atoms with Gasteiger partial charge in [-0.05, 0) is 6.92 Å². The zero-order valence-electron chi connectivity index (χ0n) is 9.04. The lowest BCUT2D eigenvalue weighted by Gasteiger charge is -2.01. The van der Waals surface area contributed by atoms with Crippen molar-refractivity contribution < 1.29 is 0 Å². The van der Waals surface area contributed by atoms with Crippen LogP contribution in [0.2, 0.25) is 10.0 Å². The summed E-state index contributed by atoms with van der Waals surface area (Å²) in [6.45, 7) is 1.88. The van der Waals surface area contributed by atoms with Gasteiger partial charge in [-0.2, -0.15) is 0 Å². The third-order valence-corrected chi connectivity index (χ3v) is 2.51. The molecule has 0 aliphatic carbocycles. The molecule has 0 aliphatic heterocycles. The molecule has 0 bridgehead atoms. The van der Waals surface area contributed by atoms with E-state index in [1.807, 2.05) is 6.92 Å². The quantitative estimate of drug-likeness (QED) is 0.783. The van der Waals surface area contributed by atoms with E-state index in [1.54, 1.807) is 0 Å². The van der Waals surface area contributed by atoms with Crippen LogP contribution in [0.15, 0.2) is 6.20 Å². The molecule has 3 nitrogen and oxygen atoms in total. The van der Waals surface area contributed by atoms with Crippen LogP contribution in [-0.4, -0.2) is 11.0 Å². The van der Waals surface area contributed by atoms with Crippen molar-refractivity contribution in [2.24, 2.45) is 5.73 Å². The number of nitrogens with zero attached hydrogens (tertiary/aromatic N) is 1. The van der Waals surface area contributed by atoms with Crippen LogP contribution in [0.4, 0.5) is 5.82 Å². The number of nitrogens with two attached hydrogens (primary N) is 2. The zero-order chi connectivity index (χ0) is 11.4. The molecule has 0 amide bonds. The van der Waals surface area contributed by atoms with Crippen LogP contribution in [0.1, 0.15) is 18.9 Å². The van der Waals surface area contributed by atoms with Crippen molar-refractivity contribution in [1.29, 1.82) is 0 Å². The highest BCUT2D eigenvalue weighted by Crippen LogP contribution is 2.28. The summed E-state index contributed by atoms with van der Waals surface area (Å²) >= 11 is 11.7. The summed E-state index contributed by atoms with van der Waals surface area (Å²) in [5.74, 6) is 5.95. The van der Waals surface area contributed by atoms with Crippen molar-refractivity contribution in [1.82, 2.24) is 4.98 Å². The minimum Gasteiger partial charge on any atom is -0.382 e. The van der Waals surface area contributed by atoms with Gasteiger partial charge in [0.25, 0.3) is 0 Å². The third kappa shape index (κ3) is 5.67. The number of pyridine rings is 1. The van der Waals surface area contributed by atoms with Crippen molar-refractivity contribution >= 4 is 53.8 Å². The first-order chi connectivity index (χ1) is 7.02. The first kappa shape index (κ1) is 19.0. The summed E-state index contributed by atoms with van der Waals surface area (Å²) in [5, 5.41) is 0.575. The molecular formula is C10H13Cl4N3. The van der Waals surface area contributed by atoms with E-state index in [0.29, 0.717) is 17.0 Å². The minimum absolute atomic E-state index is 0. The van der Waals surface area contributed by atoms with Gasteiger partial charge in [0.2, 0.25) is 0 Å². The number of anilines is 1. The summed E-state index contributed by atoms with van der Waals surface area (Å²) < 4.78 is 0. The van der Waals surface area contributed by atoms with Crippen LogP contribution in [0.3, 0.4) is 0 Å². The molecule has 0 unspecified atom stereocenters. The Balaban J connectivity index is 0. The summed E-state index contributed by atoms with van der Waals surface area (Å²) in [5.41, 5.74) is 11.6. The van der Waals surface area contributed by atoms with Crippen molar-refractivity contribution in [3.63, 3.8) is 0 Å². The lowest BCUT2D eigenvalue weighted by Crippen LogP contribution is -2.12. The van der Waals surface area contributed by atoms with Gasteiger partial charge in [0, 0.05) is 18.7 Å². The molecule has 1 heterocycles. The molecule has 0 spiro atoms. The van der Waals surface area contributed by atoms with Gasteiger partial charge in [0.15, 0.2) is 0 Å². The number of aromatic nitrogens is 1. The van der Waals surface area contributed by atoms with Gasteiger partial charge in [0.1, 0.15) is 10.8 Å². The molecule has 0 aromatic carbocycles. The van der Waals surface area contributed by atoms with Crippen LogP contribution < -0.4 is 11.5 Å². The Labute approximate surface area is 123 Å². The zero-order valence-corrected chi connectivity index (χ0v) is 12.2. The lowest BCUT2D eigenvalue weighted by atomic mass is 10.2. The molecule has 1 aromatic heterocycles. The minimum atomic E-state index is 0. The van der Waals surface area contributed by atoms with Gasteiger partial charge in [-0.1, -0.05) is 35.0 Å². The van der Waals surface area contributed by atoms with E-state index < -0.39 is 0 Å². The second-order valence-corrected chi connectivity index (χ2v) is 3.92. The molecule has 1 aromatic rings. The van der Waals surface area contributed by atoms with Crippen LogP contribution in [-0.2, 0) is 0 Å². The first-order valence-corrected chi connectivity index (χ1v) is 5.12. The number of hydrogen-bond donors (Lipinski definition) is 2. The van der Waals surface area contributed by atoms with E-state index in [4.69, 9.17) is 34.7 Å². The molecule has 4 N–H and O–H groups in total. The summed E-state index contributed by atoms with van der Waals surface area (Å²) in [7, 11) is 0. The smallest absolute Gasteiger partial charge is 0.143 e. The standard InChI is InChI=1S/C10H11Cl2N3.2ClH/c1-6(13)3-2-4-7-5-15-10(14)9(12)8(7)11;;/h5-6H,3,13H2,1H3,(H2,14,15);2*1H/t6-;;/m0../s1. The lowest BCUT2D eigenvalue weighted by molar-refractivity contribution is 0.771. The molecule has 0 saturated heterocycles. The fourth-order valence-electron chi connectivity index (χ4n) is 0.873. The van der Waals surface area contributed by atoms with Gasteiger partial charge < -0.3 is 11.5 Å². The van der Waals surface area contributed by atoms with Gasteiger partial charge >= 0.3 is 0 Å². The van der Waals surface area contributed by atoms with Crippen LogP contribution in [0.25, 0.3) is 0 Å². The average Bonchev–Trinajstić information content (AvgIpc) is 2.18. The maximum absolute atomic E-state index is 5.93. The predicted molar refractivity (Wildman–Crippen MR) is 78.3 cm³/mol. The van der Waals surface area contributed by atoms with E-state index in [2.05, 4.69) is 16.8 Å². The Morgan fingerprint density at radius 1 is 1.35 bits per heavy atom. The van der Waals surface area contributed by atoms with E-state index in [-0.39, 0.29) is 41.7 Å². The fourth-order valence-corrected chi connectivity index (χ4v) is 1.22. The van der Waals surface area contributed by atoms with Crippen molar-refractivity contribution in [3.8, 4) is 11.8 Å². The second-order valence-electron chi connectivity index (χ2n) is 3.17. The molecule has 1 atom stereocenters. The van der Waals surface area contributed by atoms with Crippen molar-refractivity contribution in [2.75, 3.05) is 5.73 Å². The molecule has 0 saturated carbocycles. The third-order valence-electron chi connectivity index (χ3n) is 1.63. The van der Waals surface area contributed by atoms with E-state index in [0.717, 1.165) is 0 Å². The van der Waals surface area contributed by atoms with Gasteiger partial charge in [-0.15, -0.1) is 24.8 Å². The highest BCUT2D eigenvalue weighted by atomic mass is 35.5. The second kappa shape index (κ2) is 8.68. The molecule has 0 fully saturated rings. The van der Waals surface area contributed by atoms with Crippen molar-refractivity contribution in [3.05, 3.63) is 21.8 Å². The molecule has 96 valence electrons. The summed E-state index contributed by atoms with van der Waals surface area (Å²) in [6.07, 6.45) is 2.09. The maximum atomic E-state index is 5.93. The summed E-state index contributed by atoms with van der Waals surface area (Å²) in [4.78, 5) is 3.86. The number of halogens is 4. The van der Waals surface area contributed by atoms with Gasteiger partial charge in [-0.3, -0.25) is 0 Å². The number of hydrogen-bond acceptors (Lipinski definition) is 3. The Kier molecular flexibility index (Phi) is 9.69. The maximum Gasteiger partial charge on any atom is 0.143 e. The number of nitrogen functional groups attached to an aromatic ring is 1. The Morgan fingerprint density at radius 3 is 2.47 bits per heavy atom. The van der Waals surface area contributed by atoms with E-state index in [1.165, 1.54) is 6.20 Å². The van der Waals surface area contributed by atoms with Gasteiger partial charge in [0.05, 0.1) is 10.6 Å². The molecule has 0 aliphatic rings. The topological polar surface area (TPSA) is 64.9 Å². The Morgan fingerprint density at radius 2 is 1.94 bits per heavy atom. The van der Waals surface area contributed by atoms with Gasteiger partial charge in [-0.25, -0.2) is 4.98 Å². The highest BCUT2D eigenvalue weighted by molar-refractivity contribution is 6.44. The largest absolute Gasteiger partial charge is 0.382 e. The molecular weight excluding hydrogens is 304 g/mol. The first-order valence-electron chi connectivity index (χ1n) is 4.36. The summed E-state index contributed by atoms with van der Waals surface area (Å²) in [6, 6.07) is 0.0356. The average molecular weight is 317 g/mol. The Bertz CT molecular complexity index is 424. The Hall–Kier alpha value is -0.370. The molecule has 17 heavy (non-hydrogen) atoms. The van der Waals surface area contributed by atoms with E-state index in [9.17, 15) is 0 Å². The normalized spacial score (nSPS) is 10.4. The number of rotatable bonds is 1. The molecule has 0 radical (unpaired) electrons. The predicted octanol–water partition coefficient (Wildman–Crippen LogP) is 2.90. The highest BCUT2D eigenvalue weighted by Gasteiger charge is 2.06. The molecule has 1 rings (SSSR count). The molecule has 7 heteroatoms. The van der Waals surface area contributed by atoms with Crippen LogP contribution in [0.5, 0.6) is 0 Å². The van der Waals surface area contributed by atoms with Crippen LogP contribution in [0, 0.1) is 11.8 Å². The van der Waals surface area contributed by atoms with Crippen LogP contribution >= 0.6 is 48.0 Å².